The summed E-state index contributed by atoms with van der Waals surface area (Å²) in [5.41, 5.74) is 4.96. The predicted molar refractivity (Wildman–Crippen MR) is 44.6 cm³/mol. The molecular weight excluding hydrogens is 154 g/mol. The molecule has 2 saturated carbocycles. The van der Waals surface area contributed by atoms with Crippen molar-refractivity contribution in [3.63, 3.8) is 0 Å². The lowest BCUT2D eigenvalue weighted by Crippen LogP contribution is -2.37. The zero-order valence-corrected chi connectivity index (χ0v) is 7.12. The first-order valence-electron chi connectivity index (χ1n) is 4.69. The van der Waals surface area contributed by atoms with Gasteiger partial charge in [0.2, 0.25) is 0 Å². The molecule has 3 nitrogen and oxygen atoms in total. The Morgan fingerprint density at radius 3 is 2.17 bits per heavy atom. The zero-order chi connectivity index (χ0) is 8.77. The smallest absolute Gasteiger partial charge is 0.324 e. The fourth-order valence-corrected chi connectivity index (χ4v) is 2.67. The zero-order valence-electron chi connectivity index (χ0n) is 7.12. The SMILES string of the molecule is NC1(C(=O)O)[C@@H]2CCCCC[C@@H]21. The molecule has 0 radical (unpaired) electrons. The minimum atomic E-state index is -0.847. The van der Waals surface area contributed by atoms with Crippen molar-refractivity contribution in [2.75, 3.05) is 0 Å². The van der Waals surface area contributed by atoms with Gasteiger partial charge < -0.3 is 10.8 Å². The summed E-state index contributed by atoms with van der Waals surface area (Å²) in [4.78, 5) is 10.8. The van der Waals surface area contributed by atoms with Crippen LogP contribution in [0.15, 0.2) is 0 Å². The van der Waals surface area contributed by atoms with E-state index in [0.29, 0.717) is 0 Å². The normalized spacial score (nSPS) is 46.1. The lowest BCUT2D eigenvalue weighted by molar-refractivity contribution is -0.140. The van der Waals surface area contributed by atoms with Gasteiger partial charge in [-0.05, 0) is 24.7 Å². The van der Waals surface area contributed by atoms with Crippen molar-refractivity contribution in [2.24, 2.45) is 17.6 Å². The van der Waals surface area contributed by atoms with Crippen LogP contribution in [0.1, 0.15) is 32.1 Å². The number of aliphatic carboxylic acids is 1. The van der Waals surface area contributed by atoms with Crippen LogP contribution in [-0.2, 0) is 4.79 Å². The molecule has 0 bridgehead atoms. The number of hydrogen-bond acceptors (Lipinski definition) is 2. The largest absolute Gasteiger partial charge is 0.480 e. The first-order chi connectivity index (χ1) is 5.67. The molecule has 0 heterocycles. The topological polar surface area (TPSA) is 63.3 Å². The highest BCUT2D eigenvalue weighted by Crippen LogP contribution is 2.55. The summed E-state index contributed by atoms with van der Waals surface area (Å²) < 4.78 is 0. The van der Waals surface area contributed by atoms with E-state index in [2.05, 4.69) is 0 Å². The van der Waals surface area contributed by atoms with Crippen molar-refractivity contribution in [3.8, 4) is 0 Å². The minimum Gasteiger partial charge on any atom is -0.480 e. The van der Waals surface area contributed by atoms with Gasteiger partial charge in [-0.2, -0.15) is 0 Å². The van der Waals surface area contributed by atoms with Crippen molar-refractivity contribution in [3.05, 3.63) is 0 Å². The number of carboxylic acids is 1. The lowest BCUT2D eigenvalue weighted by Gasteiger charge is -2.07. The van der Waals surface area contributed by atoms with Gasteiger partial charge in [0.25, 0.3) is 0 Å². The van der Waals surface area contributed by atoms with E-state index in [-0.39, 0.29) is 11.8 Å². The molecule has 1 unspecified atom stereocenters. The molecule has 2 fully saturated rings. The third-order valence-electron chi connectivity index (χ3n) is 3.50. The van der Waals surface area contributed by atoms with Crippen LogP contribution in [0.4, 0.5) is 0 Å². The Hall–Kier alpha value is -0.570. The van der Waals surface area contributed by atoms with Crippen LogP contribution in [0, 0.1) is 11.8 Å². The number of rotatable bonds is 1. The molecule has 3 heteroatoms. The van der Waals surface area contributed by atoms with Crippen LogP contribution in [0.3, 0.4) is 0 Å². The second-order valence-electron chi connectivity index (χ2n) is 4.09. The summed E-state index contributed by atoms with van der Waals surface area (Å²) in [5.74, 6) is -0.241. The molecule has 0 aliphatic heterocycles. The first kappa shape index (κ1) is 8.05. The summed E-state index contributed by atoms with van der Waals surface area (Å²) in [7, 11) is 0. The van der Waals surface area contributed by atoms with Crippen LogP contribution in [0.25, 0.3) is 0 Å². The van der Waals surface area contributed by atoms with Gasteiger partial charge in [0.1, 0.15) is 5.54 Å². The van der Waals surface area contributed by atoms with Gasteiger partial charge in [-0.25, -0.2) is 0 Å². The molecule has 0 aromatic rings. The molecule has 0 saturated heterocycles. The Labute approximate surface area is 71.9 Å². The van der Waals surface area contributed by atoms with Crippen LogP contribution >= 0.6 is 0 Å². The number of nitrogens with two attached hydrogens (primary N) is 1. The standard InChI is InChI=1S/C9H15NO2/c10-9(8(11)12)6-4-2-1-3-5-7(6)9/h6-7H,1-5,10H2,(H,11,12)/t6-,7+,9?. The molecule has 0 amide bonds. The maximum Gasteiger partial charge on any atom is 0.324 e. The summed E-state index contributed by atoms with van der Waals surface area (Å²) in [5, 5.41) is 8.91. The van der Waals surface area contributed by atoms with E-state index in [9.17, 15) is 4.79 Å². The molecule has 0 aromatic heterocycles. The monoisotopic (exact) mass is 169 g/mol. The number of carboxylic acid groups (broad SMARTS) is 1. The fourth-order valence-electron chi connectivity index (χ4n) is 2.67. The number of fused-ring (bicyclic) bond motifs is 1. The van der Waals surface area contributed by atoms with Crippen molar-refractivity contribution in [1.82, 2.24) is 0 Å². The average Bonchev–Trinajstić information content (AvgIpc) is 2.66. The van der Waals surface area contributed by atoms with E-state index in [1.165, 1.54) is 6.42 Å². The second kappa shape index (κ2) is 2.46. The summed E-state index contributed by atoms with van der Waals surface area (Å²) >= 11 is 0. The van der Waals surface area contributed by atoms with E-state index < -0.39 is 11.5 Å². The summed E-state index contributed by atoms with van der Waals surface area (Å²) in [6.07, 6.45) is 5.62. The maximum absolute atomic E-state index is 10.8. The second-order valence-corrected chi connectivity index (χ2v) is 4.09. The Bertz CT molecular complexity index is 203. The Kier molecular flexibility index (Phi) is 1.65. The highest BCUT2D eigenvalue weighted by atomic mass is 16.4. The quantitative estimate of drug-likeness (QED) is 0.615. The van der Waals surface area contributed by atoms with E-state index >= 15 is 0 Å². The van der Waals surface area contributed by atoms with Gasteiger partial charge in [-0.1, -0.05) is 19.3 Å². The van der Waals surface area contributed by atoms with E-state index in [4.69, 9.17) is 10.8 Å². The molecule has 2 rings (SSSR count). The lowest BCUT2D eigenvalue weighted by atomic mass is 10.1. The molecular formula is C9H15NO2. The van der Waals surface area contributed by atoms with Crippen LogP contribution < -0.4 is 5.73 Å². The fraction of sp³-hybridized carbons (Fsp3) is 0.889. The molecule has 0 aromatic carbocycles. The van der Waals surface area contributed by atoms with Gasteiger partial charge >= 0.3 is 5.97 Å². The third kappa shape index (κ3) is 0.891. The van der Waals surface area contributed by atoms with Crippen molar-refractivity contribution in [1.29, 1.82) is 0 Å². The summed E-state index contributed by atoms with van der Waals surface area (Å²) in [6, 6.07) is 0. The van der Waals surface area contributed by atoms with Crippen molar-refractivity contribution < 1.29 is 9.90 Å². The molecule has 3 N–H and O–H groups in total. The highest BCUT2D eigenvalue weighted by Gasteiger charge is 2.66. The summed E-state index contributed by atoms with van der Waals surface area (Å²) in [6.45, 7) is 0. The van der Waals surface area contributed by atoms with Gasteiger partial charge in [0.15, 0.2) is 0 Å². The molecule has 0 spiro atoms. The highest BCUT2D eigenvalue weighted by molar-refractivity contribution is 5.83. The third-order valence-corrected chi connectivity index (χ3v) is 3.50. The molecule has 3 atom stereocenters. The number of hydrogen-bond donors (Lipinski definition) is 2. The molecule has 12 heavy (non-hydrogen) atoms. The van der Waals surface area contributed by atoms with E-state index in [0.717, 1.165) is 25.7 Å². The van der Waals surface area contributed by atoms with Gasteiger partial charge in [0, 0.05) is 0 Å². The van der Waals surface area contributed by atoms with Crippen molar-refractivity contribution in [2.45, 2.75) is 37.6 Å². The Morgan fingerprint density at radius 1 is 1.25 bits per heavy atom. The molecule has 68 valence electrons. The Morgan fingerprint density at radius 2 is 1.75 bits per heavy atom. The first-order valence-corrected chi connectivity index (χ1v) is 4.69. The molecule has 2 aliphatic carbocycles. The average molecular weight is 169 g/mol. The Balaban J connectivity index is 2.10. The van der Waals surface area contributed by atoms with Crippen LogP contribution in [0.2, 0.25) is 0 Å². The minimum absolute atomic E-state index is 0.275. The van der Waals surface area contributed by atoms with Crippen LogP contribution in [0.5, 0.6) is 0 Å². The van der Waals surface area contributed by atoms with Gasteiger partial charge in [0.05, 0.1) is 0 Å². The van der Waals surface area contributed by atoms with Gasteiger partial charge in [-0.3, -0.25) is 4.79 Å². The molecule has 2 aliphatic rings. The maximum atomic E-state index is 10.8. The van der Waals surface area contributed by atoms with Crippen LogP contribution in [-0.4, -0.2) is 16.6 Å². The van der Waals surface area contributed by atoms with Crippen molar-refractivity contribution >= 4 is 5.97 Å². The van der Waals surface area contributed by atoms with Gasteiger partial charge in [-0.15, -0.1) is 0 Å². The van der Waals surface area contributed by atoms with E-state index in [1.54, 1.807) is 0 Å². The predicted octanol–water partition coefficient (Wildman–Crippen LogP) is 0.979. The number of carbonyl (C=O) groups is 1. The van der Waals surface area contributed by atoms with E-state index in [1.807, 2.05) is 0 Å².